The van der Waals surface area contributed by atoms with Crippen molar-refractivity contribution in [3.8, 4) is 5.75 Å². The van der Waals surface area contributed by atoms with Crippen molar-refractivity contribution >= 4 is 41.5 Å². The first-order chi connectivity index (χ1) is 15.3. The summed E-state index contributed by atoms with van der Waals surface area (Å²) in [6, 6.07) is 16.1. The van der Waals surface area contributed by atoms with Crippen LogP contribution in [0, 0.1) is 0 Å². The molecular formula is C25H36IN5O2. The Kier molecular flexibility index (Phi) is 9.82. The Morgan fingerprint density at radius 1 is 1.18 bits per heavy atom. The lowest BCUT2D eigenvalue weighted by Crippen LogP contribution is -2.44. The Morgan fingerprint density at radius 3 is 2.64 bits per heavy atom. The van der Waals surface area contributed by atoms with Gasteiger partial charge in [0.1, 0.15) is 5.75 Å². The maximum atomic E-state index is 12.4. The second kappa shape index (κ2) is 12.1. The summed E-state index contributed by atoms with van der Waals surface area (Å²) in [6.07, 6.45) is 1.02. The van der Waals surface area contributed by atoms with Crippen LogP contribution in [0.25, 0.3) is 0 Å². The normalized spacial score (nSPS) is 16.1. The second-order valence-corrected chi connectivity index (χ2v) is 9.08. The molecule has 1 saturated heterocycles. The molecule has 1 aliphatic rings. The molecule has 1 atom stereocenters. The zero-order valence-electron chi connectivity index (χ0n) is 20.1. The number of nitrogens with zero attached hydrogens (tertiary/aromatic N) is 2. The number of carbonyl (C=O) groups excluding carboxylic acids is 1. The second-order valence-electron chi connectivity index (χ2n) is 9.08. The molecule has 7 nitrogen and oxygen atoms in total. The number of amides is 1. The van der Waals surface area contributed by atoms with Gasteiger partial charge in [0, 0.05) is 43.8 Å². The third-order valence-electron chi connectivity index (χ3n) is 5.32. The van der Waals surface area contributed by atoms with Crippen LogP contribution in [-0.4, -0.2) is 50.7 Å². The highest BCUT2D eigenvalue weighted by molar-refractivity contribution is 14.0. The molecule has 0 saturated carbocycles. The van der Waals surface area contributed by atoms with E-state index < -0.39 is 0 Å². The molecule has 1 amide bonds. The standard InChI is InChI=1S/C25H35N5O2.HI/c1-25(2,3)29-23(31)19-10-8-9-18(15-19)16-27-24(26-4)28-20-13-14-30(17-20)21-11-6-7-12-22(21)32-5;/h6-12,15,20H,13-14,16-17H2,1-5H3,(H,29,31)(H2,26,27,28);1H. The van der Waals surface area contributed by atoms with E-state index >= 15 is 0 Å². The summed E-state index contributed by atoms with van der Waals surface area (Å²) in [6.45, 7) is 8.35. The molecule has 33 heavy (non-hydrogen) atoms. The quantitative estimate of drug-likeness (QED) is 0.283. The van der Waals surface area contributed by atoms with Crippen molar-refractivity contribution in [1.29, 1.82) is 0 Å². The maximum absolute atomic E-state index is 12.4. The Balaban J connectivity index is 0.00000385. The van der Waals surface area contributed by atoms with Gasteiger partial charge in [-0.15, -0.1) is 24.0 Å². The molecule has 3 N–H and O–H groups in total. The number of methoxy groups -OCH3 is 1. The number of carbonyl (C=O) groups is 1. The molecule has 0 aromatic heterocycles. The highest BCUT2D eigenvalue weighted by atomic mass is 127. The predicted octanol–water partition coefficient (Wildman–Crippen LogP) is 3.79. The zero-order valence-corrected chi connectivity index (χ0v) is 22.5. The van der Waals surface area contributed by atoms with Gasteiger partial charge < -0.3 is 25.6 Å². The zero-order chi connectivity index (χ0) is 23.1. The summed E-state index contributed by atoms with van der Waals surface area (Å²) in [5.74, 6) is 1.58. The minimum absolute atomic E-state index is 0. The molecule has 1 fully saturated rings. The van der Waals surface area contributed by atoms with Crippen LogP contribution < -0.4 is 25.6 Å². The Labute approximate surface area is 214 Å². The average molecular weight is 566 g/mol. The van der Waals surface area contributed by atoms with E-state index in [0.29, 0.717) is 12.1 Å². The van der Waals surface area contributed by atoms with E-state index in [4.69, 9.17) is 4.74 Å². The Hall–Kier alpha value is -2.49. The minimum Gasteiger partial charge on any atom is -0.495 e. The van der Waals surface area contributed by atoms with Crippen molar-refractivity contribution in [1.82, 2.24) is 16.0 Å². The summed E-state index contributed by atoms with van der Waals surface area (Å²) in [5, 5.41) is 9.89. The molecule has 2 aromatic rings. The van der Waals surface area contributed by atoms with Gasteiger partial charge in [-0.3, -0.25) is 9.79 Å². The van der Waals surface area contributed by atoms with Gasteiger partial charge in [-0.2, -0.15) is 0 Å². The fourth-order valence-corrected chi connectivity index (χ4v) is 3.80. The number of benzene rings is 2. The molecule has 0 radical (unpaired) electrons. The summed E-state index contributed by atoms with van der Waals surface area (Å²) in [7, 11) is 3.48. The smallest absolute Gasteiger partial charge is 0.251 e. The number of nitrogens with one attached hydrogen (secondary N) is 3. The van der Waals surface area contributed by atoms with Crippen molar-refractivity contribution in [3.05, 3.63) is 59.7 Å². The fraction of sp³-hybridized carbons (Fsp3) is 0.440. The molecule has 180 valence electrons. The molecule has 1 unspecified atom stereocenters. The van der Waals surface area contributed by atoms with Gasteiger partial charge in [0.15, 0.2) is 5.96 Å². The lowest BCUT2D eigenvalue weighted by Gasteiger charge is -2.22. The molecule has 1 aliphatic heterocycles. The van der Waals surface area contributed by atoms with Crippen LogP contribution >= 0.6 is 24.0 Å². The van der Waals surface area contributed by atoms with Gasteiger partial charge in [0.05, 0.1) is 12.8 Å². The maximum Gasteiger partial charge on any atom is 0.251 e. The first-order valence-corrected chi connectivity index (χ1v) is 11.1. The average Bonchev–Trinajstić information content (AvgIpc) is 3.24. The van der Waals surface area contributed by atoms with Gasteiger partial charge in [0.2, 0.25) is 0 Å². The number of rotatable bonds is 6. The minimum atomic E-state index is -0.268. The van der Waals surface area contributed by atoms with Gasteiger partial charge in [-0.1, -0.05) is 24.3 Å². The molecule has 0 spiro atoms. The molecule has 8 heteroatoms. The van der Waals surface area contributed by atoms with Crippen LogP contribution in [0.1, 0.15) is 43.1 Å². The summed E-state index contributed by atoms with van der Waals surface area (Å²) in [4.78, 5) is 19.2. The fourth-order valence-electron chi connectivity index (χ4n) is 3.80. The number of aliphatic imine (C=N–C) groups is 1. The van der Waals surface area contributed by atoms with E-state index in [1.165, 1.54) is 0 Å². The van der Waals surface area contributed by atoms with Gasteiger partial charge in [-0.05, 0) is 57.0 Å². The highest BCUT2D eigenvalue weighted by Gasteiger charge is 2.25. The number of para-hydroxylation sites is 2. The summed E-state index contributed by atoms with van der Waals surface area (Å²) < 4.78 is 5.51. The van der Waals surface area contributed by atoms with Crippen molar-refractivity contribution in [2.24, 2.45) is 4.99 Å². The van der Waals surface area contributed by atoms with E-state index in [1.54, 1.807) is 14.2 Å². The highest BCUT2D eigenvalue weighted by Crippen LogP contribution is 2.30. The van der Waals surface area contributed by atoms with Crippen LogP contribution in [0.5, 0.6) is 5.75 Å². The third-order valence-corrected chi connectivity index (χ3v) is 5.32. The molecule has 3 rings (SSSR count). The van der Waals surface area contributed by atoms with Crippen LogP contribution in [0.2, 0.25) is 0 Å². The molecular weight excluding hydrogens is 529 g/mol. The number of guanidine groups is 1. The van der Waals surface area contributed by atoms with Crippen molar-refractivity contribution in [2.75, 3.05) is 32.1 Å². The summed E-state index contributed by atoms with van der Waals surface area (Å²) in [5.41, 5.74) is 2.53. The molecule has 2 aromatic carbocycles. The number of anilines is 1. The first kappa shape index (κ1) is 26.8. The third kappa shape index (κ3) is 7.80. The van der Waals surface area contributed by atoms with Gasteiger partial charge >= 0.3 is 0 Å². The topological polar surface area (TPSA) is 78.0 Å². The number of ether oxygens (including phenoxy) is 1. The lowest BCUT2D eigenvalue weighted by molar-refractivity contribution is 0.0919. The number of halogens is 1. The first-order valence-electron chi connectivity index (χ1n) is 11.1. The van der Waals surface area contributed by atoms with E-state index in [9.17, 15) is 4.79 Å². The van der Waals surface area contributed by atoms with Crippen LogP contribution in [0.4, 0.5) is 5.69 Å². The predicted molar refractivity (Wildman–Crippen MR) is 146 cm³/mol. The number of hydrogen-bond donors (Lipinski definition) is 3. The Bertz CT molecular complexity index is 958. The SMILES string of the molecule is CN=C(NCc1cccc(C(=O)NC(C)(C)C)c1)NC1CCN(c2ccccc2OC)C1.I. The molecule has 1 heterocycles. The van der Waals surface area contributed by atoms with Crippen LogP contribution in [0.3, 0.4) is 0 Å². The van der Waals surface area contributed by atoms with Crippen LogP contribution in [-0.2, 0) is 6.54 Å². The Morgan fingerprint density at radius 2 is 1.94 bits per heavy atom. The van der Waals surface area contributed by atoms with Gasteiger partial charge in [0.25, 0.3) is 5.91 Å². The van der Waals surface area contributed by atoms with E-state index in [2.05, 4.69) is 31.9 Å². The van der Waals surface area contributed by atoms with Crippen molar-refractivity contribution in [3.63, 3.8) is 0 Å². The largest absolute Gasteiger partial charge is 0.495 e. The van der Waals surface area contributed by atoms with E-state index in [-0.39, 0.29) is 41.5 Å². The van der Waals surface area contributed by atoms with Gasteiger partial charge in [-0.25, -0.2) is 0 Å². The van der Waals surface area contributed by atoms with E-state index in [1.807, 2.05) is 63.2 Å². The monoisotopic (exact) mass is 565 g/mol. The van der Waals surface area contributed by atoms with Crippen molar-refractivity contribution < 1.29 is 9.53 Å². The molecule has 0 bridgehead atoms. The van der Waals surface area contributed by atoms with E-state index in [0.717, 1.165) is 42.5 Å². The lowest BCUT2D eigenvalue weighted by atomic mass is 10.1. The summed E-state index contributed by atoms with van der Waals surface area (Å²) >= 11 is 0. The number of hydrogen-bond acceptors (Lipinski definition) is 4. The van der Waals surface area contributed by atoms with Crippen molar-refractivity contribution in [2.45, 2.75) is 45.3 Å². The van der Waals surface area contributed by atoms with Crippen LogP contribution in [0.15, 0.2) is 53.5 Å². The molecule has 0 aliphatic carbocycles.